The van der Waals surface area contributed by atoms with Crippen molar-refractivity contribution in [1.82, 2.24) is 30.4 Å². The number of nitrogens with zero attached hydrogens (tertiary/aromatic N) is 4. The monoisotopic (exact) mass is 446 g/mol. The minimum absolute atomic E-state index is 0.131. The van der Waals surface area contributed by atoms with Crippen LogP contribution in [0.5, 0.6) is 5.75 Å². The van der Waals surface area contributed by atoms with Crippen molar-refractivity contribution >= 4 is 11.8 Å². The first-order valence-corrected chi connectivity index (χ1v) is 11.3. The average Bonchev–Trinajstić information content (AvgIpc) is 3.63. The van der Waals surface area contributed by atoms with Crippen LogP contribution in [0.2, 0.25) is 0 Å². The third-order valence-electron chi connectivity index (χ3n) is 6.07. The van der Waals surface area contributed by atoms with Gasteiger partial charge in [-0.05, 0) is 50.3 Å². The SMILES string of the molecule is COc1ccccc1-c1ccnc(-n2ncc(C(=O)N[C@H]3CCCCNC3=O)c2C2CC2)n1. The van der Waals surface area contributed by atoms with Crippen molar-refractivity contribution in [3.05, 3.63) is 54.0 Å². The Hall–Kier alpha value is -3.75. The second kappa shape index (κ2) is 9.01. The van der Waals surface area contributed by atoms with Gasteiger partial charge in [0.1, 0.15) is 11.8 Å². The van der Waals surface area contributed by atoms with E-state index in [1.54, 1.807) is 24.2 Å². The Balaban J connectivity index is 1.47. The number of para-hydroxylation sites is 1. The van der Waals surface area contributed by atoms with E-state index in [9.17, 15) is 9.59 Å². The third-order valence-corrected chi connectivity index (χ3v) is 6.07. The van der Waals surface area contributed by atoms with Gasteiger partial charge in [-0.3, -0.25) is 9.59 Å². The van der Waals surface area contributed by atoms with Crippen LogP contribution in [0.1, 0.15) is 54.1 Å². The summed E-state index contributed by atoms with van der Waals surface area (Å²) in [6, 6.07) is 8.94. The zero-order chi connectivity index (χ0) is 22.8. The molecular formula is C24H26N6O3. The summed E-state index contributed by atoms with van der Waals surface area (Å²) in [6.07, 6.45) is 7.62. The van der Waals surface area contributed by atoms with Crippen LogP contribution in [0, 0.1) is 0 Å². The molecule has 33 heavy (non-hydrogen) atoms. The van der Waals surface area contributed by atoms with E-state index in [1.165, 1.54) is 0 Å². The van der Waals surface area contributed by atoms with Crippen molar-refractivity contribution in [2.24, 2.45) is 0 Å². The van der Waals surface area contributed by atoms with E-state index in [2.05, 4.69) is 20.7 Å². The second-order valence-electron chi connectivity index (χ2n) is 8.38. The van der Waals surface area contributed by atoms with E-state index >= 15 is 0 Å². The molecule has 9 nitrogen and oxygen atoms in total. The molecule has 1 aromatic carbocycles. The van der Waals surface area contributed by atoms with Gasteiger partial charge in [-0.2, -0.15) is 5.10 Å². The fraction of sp³-hybridized carbons (Fsp3) is 0.375. The van der Waals surface area contributed by atoms with Crippen molar-refractivity contribution in [3.8, 4) is 23.0 Å². The lowest BCUT2D eigenvalue weighted by molar-refractivity contribution is -0.122. The number of carbonyl (C=O) groups excluding carboxylic acids is 2. The van der Waals surface area contributed by atoms with Crippen molar-refractivity contribution in [3.63, 3.8) is 0 Å². The highest BCUT2D eigenvalue weighted by atomic mass is 16.5. The summed E-state index contributed by atoms with van der Waals surface area (Å²) in [4.78, 5) is 34.6. The highest BCUT2D eigenvalue weighted by Gasteiger charge is 2.34. The van der Waals surface area contributed by atoms with E-state index in [0.29, 0.717) is 35.9 Å². The van der Waals surface area contributed by atoms with Crippen LogP contribution >= 0.6 is 0 Å². The molecule has 0 radical (unpaired) electrons. The molecule has 2 amide bonds. The summed E-state index contributed by atoms with van der Waals surface area (Å²) < 4.78 is 7.13. The number of rotatable bonds is 6. The Kier molecular flexibility index (Phi) is 5.77. The fourth-order valence-electron chi connectivity index (χ4n) is 4.21. The number of benzene rings is 1. The Morgan fingerprint density at radius 3 is 2.85 bits per heavy atom. The van der Waals surface area contributed by atoms with Gasteiger partial charge >= 0.3 is 0 Å². The number of hydrogen-bond donors (Lipinski definition) is 2. The van der Waals surface area contributed by atoms with Crippen LogP contribution in [0.15, 0.2) is 42.7 Å². The molecule has 170 valence electrons. The minimum atomic E-state index is -0.527. The zero-order valence-corrected chi connectivity index (χ0v) is 18.5. The van der Waals surface area contributed by atoms with Crippen molar-refractivity contribution < 1.29 is 14.3 Å². The Labute approximate surface area is 191 Å². The van der Waals surface area contributed by atoms with Crippen LogP contribution in [-0.4, -0.2) is 51.3 Å². The minimum Gasteiger partial charge on any atom is -0.496 e. The highest BCUT2D eigenvalue weighted by molar-refractivity contribution is 5.98. The molecule has 1 atom stereocenters. The van der Waals surface area contributed by atoms with E-state index < -0.39 is 6.04 Å². The first-order chi connectivity index (χ1) is 16.2. The van der Waals surface area contributed by atoms with Gasteiger partial charge in [-0.25, -0.2) is 14.6 Å². The topological polar surface area (TPSA) is 111 Å². The summed E-state index contributed by atoms with van der Waals surface area (Å²) in [5.74, 6) is 0.910. The molecule has 1 aliphatic carbocycles. The summed E-state index contributed by atoms with van der Waals surface area (Å²) in [7, 11) is 1.62. The van der Waals surface area contributed by atoms with Crippen LogP contribution in [0.4, 0.5) is 0 Å². The lowest BCUT2D eigenvalue weighted by Gasteiger charge is -2.15. The average molecular weight is 447 g/mol. The summed E-state index contributed by atoms with van der Waals surface area (Å²) >= 11 is 0. The molecular weight excluding hydrogens is 420 g/mol. The Morgan fingerprint density at radius 1 is 1.18 bits per heavy atom. The quantitative estimate of drug-likeness (QED) is 0.602. The van der Waals surface area contributed by atoms with Gasteiger partial charge in [-0.15, -0.1) is 0 Å². The van der Waals surface area contributed by atoms with Crippen molar-refractivity contribution in [1.29, 1.82) is 0 Å². The molecule has 2 N–H and O–H groups in total. The first-order valence-electron chi connectivity index (χ1n) is 11.3. The van der Waals surface area contributed by atoms with Crippen LogP contribution in [0.3, 0.4) is 0 Å². The second-order valence-corrected chi connectivity index (χ2v) is 8.38. The van der Waals surface area contributed by atoms with Crippen molar-refractivity contribution in [2.75, 3.05) is 13.7 Å². The number of carbonyl (C=O) groups is 2. The largest absolute Gasteiger partial charge is 0.496 e. The van der Waals surface area contributed by atoms with Crippen LogP contribution in [-0.2, 0) is 4.79 Å². The molecule has 3 heterocycles. The van der Waals surface area contributed by atoms with Crippen LogP contribution in [0.25, 0.3) is 17.2 Å². The maximum atomic E-state index is 13.1. The first kappa shape index (κ1) is 21.1. The van der Waals surface area contributed by atoms with E-state index in [4.69, 9.17) is 9.72 Å². The van der Waals surface area contributed by atoms with E-state index in [1.807, 2.05) is 30.3 Å². The molecule has 0 bridgehead atoms. The van der Waals surface area contributed by atoms with Gasteiger partial charge in [0.2, 0.25) is 5.91 Å². The predicted molar refractivity (Wildman–Crippen MR) is 121 cm³/mol. The number of amides is 2. The summed E-state index contributed by atoms with van der Waals surface area (Å²) in [6.45, 7) is 0.649. The number of ether oxygens (including phenoxy) is 1. The van der Waals surface area contributed by atoms with E-state index in [0.717, 1.165) is 36.9 Å². The van der Waals surface area contributed by atoms with Gasteiger partial charge in [0, 0.05) is 24.2 Å². The number of hydrogen-bond acceptors (Lipinski definition) is 6. The molecule has 9 heteroatoms. The molecule has 2 fully saturated rings. The lowest BCUT2D eigenvalue weighted by atomic mass is 10.1. The standard InChI is InChI=1S/C24H26N6O3/c1-33-20-8-3-2-6-16(20)18-11-13-26-24(29-18)30-21(15-9-10-15)17(14-27-30)22(31)28-19-7-4-5-12-25-23(19)32/h2-3,6,8,11,13-15,19H,4-5,7,9-10,12H2,1H3,(H,25,32)(H,28,31)/t19-/m0/s1. The molecule has 1 saturated carbocycles. The highest BCUT2D eigenvalue weighted by Crippen LogP contribution is 2.42. The van der Waals surface area contributed by atoms with Gasteiger partial charge in [-0.1, -0.05) is 12.1 Å². The lowest BCUT2D eigenvalue weighted by Crippen LogP contribution is -2.45. The molecule has 0 unspecified atom stereocenters. The van der Waals surface area contributed by atoms with Gasteiger partial charge < -0.3 is 15.4 Å². The van der Waals surface area contributed by atoms with E-state index in [-0.39, 0.29) is 17.7 Å². The molecule has 2 aliphatic rings. The summed E-state index contributed by atoms with van der Waals surface area (Å²) in [5, 5.41) is 10.2. The maximum Gasteiger partial charge on any atom is 0.255 e. The third kappa shape index (κ3) is 4.30. The molecule has 1 saturated heterocycles. The Bertz CT molecular complexity index is 1190. The molecule has 0 spiro atoms. The Morgan fingerprint density at radius 2 is 2.03 bits per heavy atom. The van der Waals surface area contributed by atoms with Gasteiger partial charge in [0.25, 0.3) is 11.9 Å². The predicted octanol–water partition coefficient (Wildman–Crippen LogP) is 2.61. The molecule has 1 aliphatic heterocycles. The number of aromatic nitrogens is 4. The summed E-state index contributed by atoms with van der Waals surface area (Å²) in [5.41, 5.74) is 2.82. The molecule has 5 rings (SSSR count). The zero-order valence-electron chi connectivity index (χ0n) is 18.5. The fourth-order valence-corrected chi connectivity index (χ4v) is 4.21. The maximum absolute atomic E-state index is 13.1. The van der Waals surface area contributed by atoms with Crippen molar-refractivity contribution in [2.45, 2.75) is 44.1 Å². The molecule has 2 aromatic heterocycles. The smallest absolute Gasteiger partial charge is 0.255 e. The normalized spacial score (nSPS) is 18.3. The number of methoxy groups -OCH3 is 1. The van der Waals surface area contributed by atoms with Crippen LogP contribution < -0.4 is 15.4 Å². The number of nitrogens with one attached hydrogen (secondary N) is 2. The van der Waals surface area contributed by atoms with Gasteiger partial charge in [0.05, 0.1) is 30.3 Å². The molecule has 3 aromatic rings. The van der Waals surface area contributed by atoms with Gasteiger partial charge in [0.15, 0.2) is 0 Å².